The second-order valence-electron chi connectivity index (χ2n) is 6.60. The highest BCUT2D eigenvalue weighted by Gasteiger charge is 2.25. The number of aromatic nitrogens is 2. The Balaban J connectivity index is 1.56. The number of carbonyl (C=O) groups is 1. The van der Waals surface area contributed by atoms with Crippen LogP contribution in [0.4, 0.5) is 5.82 Å². The number of anilines is 1. The number of nitrogens with zero attached hydrogens (tertiary/aromatic N) is 4. The molecule has 6 heteroatoms. The van der Waals surface area contributed by atoms with Crippen molar-refractivity contribution in [3.8, 4) is 0 Å². The van der Waals surface area contributed by atoms with Crippen molar-refractivity contribution in [2.75, 3.05) is 32.1 Å². The van der Waals surface area contributed by atoms with E-state index in [1.54, 1.807) is 25.2 Å². The average Bonchev–Trinajstić information content (AvgIpc) is 3.10. The molecule has 0 saturated carbocycles. The average molecular weight is 339 g/mol. The summed E-state index contributed by atoms with van der Waals surface area (Å²) in [6.07, 6.45) is 4.04. The fraction of sp³-hybridized carbons (Fsp3) is 0.421. The van der Waals surface area contributed by atoms with Crippen molar-refractivity contribution in [2.45, 2.75) is 25.4 Å². The molecule has 0 aliphatic carbocycles. The predicted octanol–water partition coefficient (Wildman–Crippen LogP) is 1.94. The highest BCUT2D eigenvalue weighted by atomic mass is 16.2. The molecule has 6 nitrogen and oxygen atoms in total. The van der Waals surface area contributed by atoms with Crippen molar-refractivity contribution in [1.29, 1.82) is 0 Å². The number of amides is 1. The molecule has 132 valence electrons. The number of rotatable bonds is 6. The molecule has 1 atom stereocenters. The molecule has 3 rings (SSSR count). The molecule has 1 N–H and O–H groups in total. The highest BCUT2D eigenvalue weighted by molar-refractivity contribution is 5.94. The Kier molecular flexibility index (Phi) is 5.60. The normalized spacial score (nSPS) is 16.9. The van der Waals surface area contributed by atoms with Crippen LogP contribution in [-0.4, -0.2) is 54.2 Å². The van der Waals surface area contributed by atoms with Gasteiger partial charge in [-0.15, -0.1) is 5.10 Å². The maximum atomic E-state index is 12.1. The Bertz CT molecular complexity index is 704. The van der Waals surface area contributed by atoms with Gasteiger partial charge in [-0.05, 0) is 42.7 Å². The van der Waals surface area contributed by atoms with Crippen LogP contribution < -0.4 is 10.2 Å². The molecule has 25 heavy (non-hydrogen) atoms. The van der Waals surface area contributed by atoms with E-state index in [0.717, 1.165) is 43.0 Å². The Labute approximate surface area is 148 Å². The third kappa shape index (κ3) is 4.33. The second-order valence-corrected chi connectivity index (χ2v) is 6.60. The summed E-state index contributed by atoms with van der Waals surface area (Å²) in [5.74, 6) is 0.983. The lowest BCUT2D eigenvalue weighted by Gasteiger charge is -2.25. The number of carbonyl (C=O) groups excluding carboxylic acids is 1. The van der Waals surface area contributed by atoms with E-state index in [9.17, 15) is 4.79 Å². The van der Waals surface area contributed by atoms with Gasteiger partial charge in [0.2, 0.25) is 0 Å². The first-order chi connectivity index (χ1) is 12.1. The largest absolute Gasteiger partial charge is 0.351 e. The lowest BCUT2D eigenvalue weighted by molar-refractivity contribution is 0.0827. The van der Waals surface area contributed by atoms with Crippen molar-refractivity contribution >= 4 is 11.7 Å². The lowest BCUT2D eigenvalue weighted by Crippen LogP contribution is -2.38. The van der Waals surface area contributed by atoms with Crippen LogP contribution in [0, 0.1) is 0 Å². The van der Waals surface area contributed by atoms with Gasteiger partial charge in [-0.1, -0.05) is 12.1 Å². The summed E-state index contributed by atoms with van der Waals surface area (Å²) in [7, 11) is 3.54. The van der Waals surface area contributed by atoms with Crippen molar-refractivity contribution < 1.29 is 4.79 Å². The maximum Gasteiger partial charge on any atom is 0.253 e. The topological polar surface area (TPSA) is 61.4 Å². The molecule has 1 fully saturated rings. The number of benzene rings is 1. The number of nitrogens with one attached hydrogen (secondary N) is 1. The van der Waals surface area contributed by atoms with Crippen LogP contribution in [0.3, 0.4) is 0 Å². The third-order valence-electron chi connectivity index (χ3n) is 4.52. The van der Waals surface area contributed by atoms with E-state index in [2.05, 4.69) is 26.5 Å². The SMILES string of the molecule is CN(C)C(=O)c1cccc(CNC[C@H]2CCCN2c2cccnn2)c1. The van der Waals surface area contributed by atoms with E-state index in [1.165, 1.54) is 6.42 Å². The smallest absolute Gasteiger partial charge is 0.253 e. The number of hydrogen-bond donors (Lipinski definition) is 1. The van der Waals surface area contributed by atoms with E-state index in [1.807, 2.05) is 30.3 Å². The van der Waals surface area contributed by atoms with Crippen LogP contribution in [0.15, 0.2) is 42.6 Å². The predicted molar refractivity (Wildman–Crippen MR) is 98.6 cm³/mol. The minimum absolute atomic E-state index is 0.0338. The van der Waals surface area contributed by atoms with Crippen LogP contribution >= 0.6 is 0 Å². The summed E-state index contributed by atoms with van der Waals surface area (Å²) in [6, 6.07) is 12.2. The van der Waals surface area contributed by atoms with E-state index in [-0.39, 0.29) is 5.91 Å². The summed E-state index contributed by atoms with van der Waals surface area (Å²) < 4.78 is 0. The van der Waals surface area contributed by atoms with E-state index < -0.39 is 0 Å². The Morgan fingerprint density at radius 2 is 2.20 bits per heavy atom. The van der Waals surface area contributed by atoms with Crippen LogP contribution in [0.5, 0.6) is 0 Å². The summed E-state index contributed by atoms with van der Waals surface area (Å²) in [4.78, 5) is 16.0. The Hall–Kier alpha value is -2.47. The molecule has 1 aromatic carbocycles. The first-order valence-corrected chi connectivity index (χ1v) is 8.71. The van der Waals surface area contributed by atoms with Gasteiger partial charge in [0.15, 0.2) is 5.82 Å². The summed E-state index contributed by atoms with van der Waals surface area (Å²) in [5.41, 5.74) is 1.85. The molecule has 1 aromatic heterocycles. The molecule has 2 aromatic rings. The molecular formula is C19H25N5O. The van der Waals surface area contributed by atoms with Crippen LogP contribution in [0.1, 0.15) is 28.8 Å². The van der Waals surface area contributed by atoms with Gasteiger partial charge in [0, 0.05) is 51.5 Å². The number of hydrogen-bond acceptors (Lipinski definition) is 5. The standard InChI is InChI=1S/C19H25N5O/c1-23(2)19(25)16-7-3-6-15(12-16)13-20-14-17-8-5-11-24(17)18-9-4-10-21-22-18/h3-4,6-7,9-10,12,17,20H,5,8,11,13-14H2,1-2H3/t17-/m1/s1. The van der Waals surface area contributed by atoms with E-state index >= 15 is 0 Å². The Morgan fingerprint density at radius 3 is 2.96 bits per heavy atom. The first kappa shape index (κ1) is 17.4. The quantitative estimate of drug-likeness (QED) is 0.871. The zero-order valence-corrected chi connectivity index (χ0v) is 14.9. The molecule has 0 spiro atoms. The van der Waals surface area contributed by atoms with Crippen LogP contribution in [0.25, 0.3) is 0 Å². The van der Waals surface area contributed by atoms with Crippen LogP contribution in [0.2, 0.25) is 0 Å². The van der Waals surface area contributed by atoms with Crippen molar-refractivity contribution in [1.82, 2.24) is 20.4 Å². The molecule has 0 unspecified atom stereocenters. The monoisotopic (exact) mass is 339 g/mol. The zero-order valence-electron chi connectivity index (χ0n) is 14.9. The summed E-state index contributed by atoms with van der Waals surface area (Å²) in [6.45, 7) is 2.67. The van der Waals surface area contributed by atoms with Gasteiger partial charge < -0.3 is 15.1 Å². The highest BCUT2D eigenvalue weighted by Crippen LogP contribution is 2.22. The van der Waals surface area contributed by atoms with Gasteiger partial charge in [-0.3, -0.25) is 4.79 Å². The zero-order chi connectivity index (χ0) is 17.6. The van der Waals surface area contributed by atoms with E-state index in [4.69, 9.17) is 0 Å². The minimum Gasteiger partial charge on any atom is -0.351 e. The summed E-state index contributed by atoms with van der Waals surface area (Å²) in [5, 5.41) is 11.7. The Morgan fingerprint density at radius 1 is 1.32 bits per heavy atom. The fourth-order valence-electron chi connectivity index (χ4n) is 3.25. The van der Waals surface area contributed by atoms with Gasteiger partial charge in [-0.25, -0.2) is 0 Å². The molecule has 2 heterocycles. The van der Waals surface area contributed by atoms with Gasteiger partial charge >= 0.3 is 0 Å². The van der Waals surface area contributed by atoms with Crippen molar-refractivity contribution in [3.05, 3.63) is 53.7 Å². The molecule has 1 saturated heterocycles. The van der Waals surface area contributed by atoms with Gasteiger partial charge in [0.05, 0.1) is 0 Å². The summed E-state index contributed by atoms with van der Waals surface area (Å²) >= 11 is 0. The minimum atomic E-state index is 0.0338. The van der Waals surface area contributed by atoms with Gasteiger partial charge in [0.25, 0.3) is 5.91 Å². The molecule has 1 aliphatic heterocycles. The molecule has 0 radical (unpaired) electrons. The van der Waals surface area contributed by atoms with Crippen molar-refractivity contribution in [2.24, 2.45) is 0 Å². The van der Waals surface area contributed by atoms with Gasteiger partial charge in [0.1, 0.15) is 0 Å². The maximum absolute atomic E-state index is 12.1. The molecule has 1 amide bonds. The van der Waals surface area contributed by atoms with Gasteiger partial charge in [-0.2, -0.15) is 5.10 Å². The molecule has 0 bridgehead atoms. The van der Waals surface area contributed by atoms with Crippen molar-refractivity contribution in [3.63, 3.8) is 0 Å². The van der Waals surface area contributed by atoms with Crippen LogP contribution in [-0.2, 0) is 6.54 Å². The lowest BCUT2D eigenvalue weighted by atomic mass is 10.1. The first-order valence-electron chi connectivity index (χ1n) is 8.71. The molecular weight excluding hydrogens is 314 g/mol. The fourth-order valence-corrected chi connectivity index (χ4v) is 3.25. The molecule has 1 aliphatic rings. The van der Waals surface area contributed by atoms with E-state index in [0.29, 0.717) is 6.04 Å². The second kappa shape index (κ2) is 8.07. The third-order valence-corrected chi connectivity index (χ3v) is 4.52.